The molecule has 1 aromatic heterocycles. The summed E-state index contributed by atoms with van der Waals surface area (Å²) in [5.74, 6) is -0.00614. The lowest BCUT2D eigenvalue weighted by molar-refractivity contribution is -0.384. The Balaban J connectivity index is 2.01. The van der Waals surface area contributed by atoms with Gasteiger partial charge in [-0.1, -0.05) is 23.7 Å². The van der Waals surface area contributed by atoms with E-state index in [1.54, 1.807) is 20.8 Å². The van der Waals surface area contributed by atoms with Gasteiger partial charge in [-0.15, -0.1) is 0 Å². The number of aromatic nitrogens is 2. The molecule has 4 rings (SSSR count). The molecule has 0 spiro atoms. The van der Waals surface area contributed by atoms with Crippen LogP contribution in [0.1, 0.15) is 32.4 Å². The number of non-ortho nitro benzene ring substituents is 1. The van der Waals surface area contributed by atoms with Gasteiger partial charge in [0, 0.05) is 28.4 Å². The molecular formula is C21H19ClN4O4. The summed E-state index contributed by atoms with van der Waals surface area (Å²) in [6, 6.07) is 10.9. The van der Waals surface area contributed by atoms with Crippen LogP contribution in [0.25, 0.3) is 11.0 Å². The van der Waals surface area contributed by atoms with E-state index >= 15 is 0 Å². The Kier molecular flexibility index (Phi) is 4.95. The average Bonchev–Trinajstić information content (AvgIpc) is 3.04. The zero-order valence-corrected chi connectivity index (χ0v) is 17.3. The third-order valence-electron chi connectivity index (χ3n) is 4.88. The van der Waals surface area contributed by atoms with Crippen molar-refractivity contribution in [1.29, 1.82) is 0 Å². The second kappa shape index (κ2) is 7.46. The lowest BCUT2D eigenvalue weighted by Gasteiger charge is -2.31. The van der Waals surface area contributed by atoms with Gasteiger partial charge in [0.15, 0.2) is 0 Å². The van der Waals surface area contributed by atoms with Gasteiger partial charge in [-0.25, -0.2) is 9.78 Å². The SMILES string of the molecule is CC1=C(C(=O)OC(C)C)C(c2cc([N+](=O)[O-])ccc2Cl)n2c(nc3ccccc32)N1. The van der Waals surface area contributed by atoms with E-state index in [4.69, 9.17) is 16.3 Å². The number of nitro benzene ring substituents is 1. The van der Waals surface area contributed by atoms with Crippen molar-refractivity contribution < 1.29 is 14.5 Å². The molecule has 1 aliphatic rings. The van der Waals surface area contributed by atoms with Crippen molar-refractivity contribution in [2.45, 2.75) is 32.9 Å². The number of esters is 1. The average molecular weight is 427 g/mol. The number of carbonyl (C=O) groups is 1. The Morgan fingerprint density at radius 2 is 2.03 bits per heavy atom. The summed E-state index contributed by atoms with van der Waals surface area (Å²) in [6.45, 7) is 5.27. The highest BCUT2D eigenvalue weighted by Crippen LogP contribution is 2.42. The number of rotatable bonds is 4. The summed E-state index contributed by atoms with van der Waals surface area (Å²) in [5.41, 5.74) is 2.66. The van der Waals surface area contributed by atoms with Gasteiger partial charge in [0.25, 0.3) is 5.69 Å². The van der Waals surface area contributed by atoms with Crippen LogP contribution in [0.5, 0.6) is 0 Å². The van der Waals surface area contributed by atoms with Crippen LogP contribution in [0.3, 0.4) is 0 Å². The van der Waals surface area contributed by atoms with Crippen LogP contribution in [0.4, 0.5) is 11.6 Å². The number of nitrogens with one attached hydrogen (secondary N) is 1. The van der Waals surface area contributed by atoms with Crippen LogP contribution in [-0.4, -0.2) is 26.5 Å². The van der Waals surface area contributed by atoms with Gasteiger partial charge < -0.3 is 10.1 Å². The molecule has 154 valence electrons. The molecule has 0 saturated heterocycles. The standard InChI is InChI=1S/C21H19ClN4O4/c1-11(2)30-20(27)18-12(3)23-21-24-16-6-4-5-7-17(16)25(21)19(18)14-10-13(26(28)29)8-9-15(14)22/h4-11,19H,1-3H3,(H,23,24). The molecule has 0 fully saturated rings. The molecule has 1 atom stereocenters. The van der Waals surface area contributed by atoms with E-state index in [0.717, 1.165) is 11.0 Å². The number of carbonyl (C=O) groups excluding carboxylic acids is 1. The summed E-state index contributed by atoms with van der Waals surface area (Å²) >= 11 is 6.49. The maximum Gasteiger partial charge on any atom is 0.338 e. The lowest BCUT2D eigenvalue weighted by atomic mass is 9.94. The van der Waals surface area contributed by atoms with E-state index in [0.29, 0.717) is 27.8 Å². The number of ether oxygens (including phenoxy) is 1. The summed E-state index contributed by atoms with van der Waals surface area (Å²) in [4.78, 5) is 28.6. The largest absolute Gasteiger partial charge is 0.459 e. The summed E-state index contributed by atoms with van der Waals surface area (Å²) in [5, 5.41) is 14.9. The highest BCUT2D eigenvalue weighted by molar-refractivity contribution is 6.31. The fraction of sp³-hybridized carbons (Fsp3) is 0.238. The molecule has 9 heteroatoms. The molecule has 8 nitrogen and oxygen atoms in total. The molecule has 2 aromatic carbocycles. The number of nitro groups is 1. The highest BCUT2D eigenvalue weighted by atomic mass is 35.5. The van der Waals surface area contributed by atoms with Gasteiger partial charge in [0.05, 0.1) is 33.7 Å². The van der Waals surface area contributed by atoms with Crippen molar-refractivity contribution >= 4 is 40.2 Å². The van der Waals surface area contributed by atoms with Crippen molar-refractivity contribution in [2.24, 2.45) is 0 Å². The number of hydrogen-bond donors (Lipinski definition) is 1. The number of hydrogen-bond acceptors (Lipinski definition) is 6. The van der Waals surface area contributed by atoms with E-state index in [1.807, 2.05) is 28.8 Å². The van der Waals surface area contributed by atoms with Crippen LogP contribution in [0.15, 0.2) is 53.7 Å². The molecule has 0 bridgehead atoms. The van der Waals surface area contributed by atoms with E-state index in [1.165, 1.54) is 18.2 Å². The molecule has 0 radical (unpaired) electrons. The summed E-state index contributed by atoms with van der Waals surface area (Å²) < 4.78 is 7.31. The third kappa shape index (κ3) is 3.29. The number of para-hydroxylation sites is 2. The van der Waals surface area contributed by atoms with Gasteiger partial charge in [0.1, 0.15) is 0 Å². The van der Waals surface area contributed by atoms with E-state index in [9.17, 15) is 14.9 Å². The zero-order valence-electron chi connectivity index (χ0n) is 16.5. The number of benzene rings is 2. The van der Waals surface area contributed by atoms with Crippen LogP contribution in [0.2, 0.25) is 5.02 Å². The Morgan fingerprint density at radius 1 is 1.30 bits per heavy atom. The van der Waals surface area contributed by atoms with E-state index in [2.05, 4.69) is 10.3 Å². The first kappa shape index (κ1) is 19.9. The van der Waals surface area contributed by atoms with Gasteiger partial charge in [-0.05, 0) is 39.0 Å². The number of fused-ring (bicyclic) bond motifs is 3. The van der Waals surface area contributed by atoms with Crippen LogP contribution >= 0.6 is 11.6 Å². The Morgan fingerprint density at radius 3 is 2.73 bits per heavy atom. The van der Waals surface area contributed by atoms with Crippen molar-refractivity contribution in [3.63, 3.8) is 0 Å². The lowest BCUT2D eigenvalue weighted by Crippen LogP contribution is -2.30. The summed E-state index contributed by atoms with van der Waals surface area (Å²) in [6.07, 6.45) is -0.333. The number of allylic oxidation sites excluding steroid dienone is 1. The van der Waals surface area contributed by atoms with E-state index < -0.39 is 16.9 Å². The highest BCUT2D eigenvalue weighted by Gasteiger charge is 2.37. The maximum atomic E-state index is 13.1. The Labute approximate surface area is 177 Å². The van der Waals surface area contributed by atoms with Crippen molar-refractivity contribution in [3.8, 4) is 0 Å². The molecule has 3 aromatic rings. The molecule has 2 heterocycles. The minimum Gasteiger partial charge on any atom is -0.459 e. The second-order valence-corrected chi connectivity index (χ2v) is 7.68. The molecule has 1 unspecified atom stereocenters. The van der Waals surface area contributed by atoms with Crippen LogP contribution < -0.4 is 5.32 Å². The molecule has 0 saturated carbocycles. The summed E-state index contributed by atoms with van der Waals surface area (Å²) in [7, 11) is 0. The molecule has 0 amide bonds. The van der Waals surface area contributed by atoms with Crippen molar-refractivity contribution in [2.75, 3.05) is 5.32 Å². The minimum absolute atomic E-state index is 0.117. The molecule has 1 N–H and O–H groups in total. The second-order valence-electron chi connectivity index (χ2n) is 7.28. The Hall–Kier alpha value is -3.39. The monoisotopic (exact) mass is 426 g/mol. The van der Waals surface area contributed by atoms with E-state index in [-0.39, 0.29) is 11.8 Å². The zero-order chi connectivity index (χ0) is 21.6. The van der Waals surface area contributed by atoms with Gasteiger partial charge in [0.2, 0.25) is 5.95 Å². The first-order valence-corrected chi connectivity index (χ1v) is 9.75. The molecule has 30 heavy (non-hydrogen) atoms. The van der Waals surface area contributed by atoms with Crippen molar-refractivity contribution in [3.05, 3.63) is 74.4 Å². The fourth-order valence-corrected chi connectivity index (χ4v) is 3.88. The number of nitrogens with zero attached hydrogens (tertiary/aromatic N) is 3. The normalized spacial score (nSPS) is 15.8. The predicted octanol–water partition coefficient (Wildman–Crippen LogP) is 4.84. The molecule has 1 aliphatic heterocycles. The number of anilines is 1. The number of halogens is 1. The molecular weight excluding hydrogens is 408 g/mol. The molecule has 0 aliphatic carbocycles. The van der Waals surface area contributed by atoms with Gasteiger partial charge >= 0.3 is 5.97 Å². The first-order valence-electron chi connectivity index (χ1n) is 9.37. The fourth-order valence-electron chi connectivity index (χ4n) is 3.65. The van der Waals surface area contributed by atoms with Crippen LogP contribution in [0, 0.1) is 10.1 Å². The first-order chi connectivity index (χ1) is 14.3. The smallest absolute Gasteiger partial charge is 0.338 e. The van der Waals surface area contributed by atoms with Gasteiger partial charge in [-0.3, -0.25) is 14.7 Å². The van der Waals surface area contributed by atoms with Crippen molar-refractivity contribution in [1.82, 2.24) is 9.55 Å². The topological polar surface area (TPSA) is 99.3 Å². The Bertz CT molecular complexity index is 1210. The number of imidazole rings is 1. The minimum atomic E-state index is -0.743. The van der Waals surface area contributed by atoms with Gasteiger partial charge in [-0.2, -0.15) is 0 Å². The third-order valence-corrected chi connectivity index (χ3v) is 5.22. The quantitative estimate of drug-likeness (QED) is 0.364. The maximum absolute atomic E-state index is 13.1. The predicted molar refractivity (Wildman–Crippen MR) is 114 cm³/mol. The van der Waals surface area contributed by atoms with Crippen LogP contribution in [-0.2, 0) is 9.53 Å².